The van der Waals surface area contributed by atoms with Crippen molar-refractivity contribution in [2.75, 3.05) is 39.8 Å². The van der Waals surface area contributed by atoms with Crippen LogP contribution in [-0.2, 0) is 27.3 Å². The number of piperidine rings is 1. The Bertz CT molecular complexity index is 734. The average Bonchev–Trinajstić information content (AvgIpc) is 2.74. The summed E-state index contributed by atoms with van der Waals surface area (Å²) in [6.45, 7) is 5.22. The highest BCUT2D eigenvalue weighted by Crippen LogP contribution is 2.19. The van der Waals surface area contributed by atoms with Crippen LogP contribution in [0.1, 0.15) is 30.9 Å². The molecule has 0 aliphatic carbocycles. The Balaban J connectivity index is 1.52. The average molecular weight is 386 g/mol. The van der Waals surface area contributed by atoms with Gasteiger partial charge in [0.1, 0.15) is 0 Å². The van der Waals surface area contributed by atoms with Crippen LogP contribution in [-0.4, -0.2) is 67.5 Å². The first-order chi connectivity index (χ1) is 13.6. The first-order valence-corrected chi connectivity index (χ1v) is 10.1. The number of ether oxygens (including phenoxy) is 1. The van der Waals surface area contributed by atoms with Gasteiger partial charge in [0.25, 0.3) is 0 Å². The third kappa shape index (κ3) is 4.82. The Morgan fingerprint density at radius 2 is 2.00 bits per heavy atom. The Morgan fingerprint density at radius 3 is 2.75 bits per heavy atom. The van der Waals surface area contributed by atoms with Gasteiger partial charge in [0.15, 0.2) is 5.96 Å². The number of benzene rings is 1. The number of aliphatic imine (C=N–C) groups is 1. The van der Waals surface area contributed by atoms with E-state index in [-0.39, 0.29) is 24.3 Å². The number of amides is 1. The highest BCUT2D eigenvalue weighted by Gasteiger charge is 2.29. The Morgan fingerprint density at radius 1 is 1.21 bits per heavy atom. The second kappa shape index (κ2) is 9.57. The van der Waals surface area contributed by atoms with Gasteiger partial charge in [-0.3, -0.25) is 14.6 Å². The number of nitrogens with zero attached hydrogens (tertiary/aromatic N) is 3. The number of guanidine groups is 1. The smallest absolute Gasteiger partial charge is 0.310 e. The van der Waals surface area contributed by atoms with Crippen molar-refractivity contribution in [3.63, 3.8) is 0 Å². The Hall–Kier alpha value is -2.57. The van der Waals surface area contributed by atoms with E-state index >= 15 is 0 Å². The molecule has 0 radical (unpaired) electrons. The molecule has 28 heavy (non-hydrogen) atoms. The van der Waals surface area contributed by atoms with Crippen molar-refractivity contribution in [1.29, 1.82) is 0 Å². The van der Waals surface area contributed by atoms with Crippen LogP contribution < -0.4 is 5.32 Å². The minimum absolute atomic E-state index is 0.0644. The molecule has 2 aliphatic heterocycles. The molecule has 0 bridgehead atoms. The molecule has 2 aliphatic rings. The summed E-state index contributed by atoms with van der Waals surface area (Å²) < 4.78 is 5.16. The SMILES string of the molecule is CCOC(=O)C1CCCN(C(=NC)NCC(=O)N2CCc3ccccc3C2)C1. The van der Waals surface area contributed by atoms with Gasteiger partial charge >= 0.3 is 5.97 Å². The monoisotopic (exact) mass is 386 g/mol. The molecule has 1 aromatic rings. The quantitative estimate of drug-likeness (QED) is 0.481. The minimum Gasteiger partial charge on any atom is -0.466 e. The van der Waals surface area contributed by atoms with Crippen molar-refractivity contribution in [3.05, 3.63) is 35.4 Å². The van der Waals surface area contributed by atoms with E-state index in [4.69, 9.17) is 4.74 Å². The summed E-state index contributed by atoms with van der Waals surface area (Å²) in [4.78, 5) is 33.0. The van der Waals surface area contributed by atoms with E-state index in [1.807, 2.05) is 28.9 Å². The predicted octanol–water partition coefficient (Wildman–Crippen LogP) is 1.42. The lowest BCUT2D eigenvalue weighted by atomic mass is 9.98. The first kappa shape index (κ1) is 20.2. The lowest BCUT2D eigenvalue weighted by Crippen LogP contribution is -2.51. The van der Waals surface area contributed by atoms with Crippen LogP contribution in [0.15, 0.2) is 29.3 Å². The second-order valence-electron chi connectivity index (χ2n) is 7.27. The van der Waals surface area contributed by atoms with Crippen LogP contribution in [0.5, 0.6) is 0 Å². The third-order valence-corrected chi connectivity index (χ3v) is 5.43. The van der Waals surface area contributed by atoms with Gasteiger partial charge in [-0.15, -0.1) is 0 Å². The van der Waals surface area contributed by atoms with Gasteiger partial charge in [0.2, 0.25) is 5.91 Å². The molecule has 3 rings (SSSR count). The zero-order chi connectivity index (χ0) is 19.9. The maximum absolute atomic E-state index is 12.7. The van der Waals surface area contributed by atoms with Crippen molar-refractivity contribution < 1.29 is 14.3 Å². The Labute approximate surface area is 166 Å². The normalized spacial score (nSPS) is 19.8. The number of rotatable bonds is 4. The van der Waals surface area contributed by atoms with Crippen LogP contribution in [0.4, 0.5) is 0 Å². The molecule has 0 spiro atoms. The predicted molar refractivity (Wildman–Crippen MR) is 108 cm³/mol. The molecule has 0 saturated carbocycles. The lowest BCUT2D eigenvalue weighted by Gasteiger charge is -2.34. The van der Waals surface area contributed by atoms with E-state index in [1.54, 1.807) is 7.05 Å². The molecule has 1 fully saturated rings. The van der Waals surface area contributed by atoms with Gasteiger partial charge in [-0.05, 0) is 37.3 Å². The number of likely N-dealkylation sites (tertiary alicyclic amines) is 1. The van der Waals surface area contributed by atoms with Crippen LogP contribution >= 0.6 is 0 Å². The lowest BCUT2D eigenvalue weighted by molar-refractivity contribution is -0.149. The largest absolute Gasteiger partial charge is 0.466 e. The fourth-order valence-electron chi connectivity index (χ4n) is 3.93. The number of carbonyl (C=O) groups excluding carboxylic acids is 2. The van der Waals surface area contributed by atoms with Crippen LogP contribution in [0, 0.1) is 5.92 Å². The van der Waals surface area contributed by atoms with E-state index in [9.17, 15) is 9.59 Å². The summed E-state index contributed by atoms with van der Waals surface area (Å²) in [5.41, 5.74) is 2.55. The van der Waals surface area contributed by atoms with Crippen LogP contribution in [0.25, 0.3) is 0 Å². The summed E-state index contributed by atoms with van der Waals surface area (Å²) in [6, 6.07) is 8.28. The molecule has 1 saturated heterocycles. The van der Waals surface area contributed by atoms with Crippen LogP contribution in [0.3, 0.4) is 0 Å². The summed E-state index contributed by atoms with van der Waals surface area (Å²) in [5.74, 6) is 0.446. The van der Waals surface area contributed by atoms with Gasteiger partial charge < -0.3 is 19.9 Å². The number of nitrogens with one attached hydrogen (secondary N) is 1. The van der Waals surface area contributed by atoms with Gasteiger partial charge in [-0.25, -0.2) is 0 Å². The van der Waals surface area contributed by atoms with E-state index < -0.39 is 0 Å². The van der Waals surface area contributed by atoms with Crippen LogP contribution in [0.2, 0.25) is 0 Å². The number of hydrogen-bond acceptors (Lipinski definition) is 4. The molecule has 0 aromatic heterocycles. The zero-order valence-corrected chi connectivity index (χ0v) is 16.8. The van der Waals surface area contributed by atoms with Gasteiger partial charge in [-0.1, -0.05) is 24.3 Å². The molecule has 1 amide bonds. The van der Waals surface area contributed by atoms with Crippen molar-refractivity contribution >= 4 is 17.8 Å². The van der Waals surface area contributed by atoms with Crippen molar-refractivity contribution in [2.24, 2.45) is 10.9 Å². The summed E-state index contributed by atoms with van der Waals surface area (Å²) in [5, 5.41) is 3.18. The summed E-state index contributed by atoms with van der Waals surface area (Å²) in [7, 11) is 1.71. The first-order valence-electron chi connectivity index (χ1n) is 10.1. The number of hydrogen-bond donors (Lipinski definition) is 1. The molecule has 1 aromatic carbocycles. The van der Waals surface area contributed by atoms with E-state index in [2.05, 4.69) is 22.4 Å². The summed E-state index contributed by atoms with van der Waals surface area (Å²) in [6.07, 6.45) is 2.63. The van der Waals surface area contributed by atoms with Gasteiger partial charge in [0.05, 0.1) is 19.1 Å². The fraction of sp³-hybridized carbons (Fsp3) is 0.571. The minimum atomic E-state index is -0.147. The summed E-state index contributed by atoms with van der Waals surface area (Å²) >= 11 is 0. The van der Waals surface area contributed by atoms with Crippen molar-refractivity contribution in [1.82, 2.24) is 15.1 Å². The van der Waals surface area contributed by atoms with E-state index in [0.717, 1.165) is 32.4 Å². The topological polar surface area (TPSA) is 74.2 Å². The molecular weight excluding hydrogens is 356 g/mol. The molecule has 2 heterocycles. The molecule has 7 nitrogen and oxygen atoms in total. The maximum atomic E-state index is 12.7. The molecule has 7 heteroatoms. The molecule has 1 N–H and O–H groups in total. The standard InChI is InChI=1S/C21H30N4O3/c1-3-28-20(27)18-9-6-11-25(15-18)21(22-2)23-13-19(26)24-12-10-16-7-4-5-8-17(16)14-24/h4-5,7-8,18H,3,6,9-15H2,1-2H3,(H,22,23). The molecule has 152 valence electrons. The molecule has 1 unspecified atom stereocenters. The van der Waals surface area contributed by atoms with Gasteiger partial charge in [0, 0.05) is 33.2 Å². The van der Waals surface area contributed by atoms with E-state index in [1.165, 1.54) is 11.1 Å². The number of fused-ring (bicyclic) bond motifs is 1. The van der Waals surface area contributed by atoms with Crippen molar-refractivity contribution in [2.45, 2.75) is 32.7 Å². The highest BCUT2D eigenvalue weighted by atomic mass is 16.5. The highest BCUT2D eigenvalue weighted by molar-refractivity contribution is 5.87. The fourth-order valence-corrected chi connectivity index (χ4v) is 3.93. The third-order valence-electron chi connectivity index (χ3n) is 5.43. The van der Waals surface area contributed by atoms with Crippen molar-refractivity contribution in [3.8, 4) is 0 Å². The van der Waals surface area contributed by atoms with E-state index in [0.29, 0.717) is 25.7 Å². The Kier molecular flexibility index (Phi) is 6.90. The maximum Gasteiger partial charge on any atom is 0.310 e. The number of carbonyl (C=O) groups is 2. The second-order valence-corrected chi connectivity index (χ2v) is 7.27. The van der Waals surface area contributed by atoms with Gasteiger partial charge in [-0.2, -0.15) is 0 Å². The molecule has 1 atom stereocenters. The molecular formula is C21H30N4O3. The number of esters is 1. The zero-order valence-electron chi connectivity index (χ0n) is 16.8.